The molecule has 1 aliphatic rings. The monoisotopic (exact) mass is 430 g/mol. The lowest BCUT2D eigenvalue weighted by Crippen LogP contribution is -2.30. The van der Waals surface area contributed by atoms with Crippen molar-refractivity contribution in [2.75, 3.05) is 18.0 Å². The predicted octanol–water partition coefficient (Wildman–Crippen LogP) is 2.64. The minimum atomic E-state index is -4.51. The number of rotatable bonds is 7. The van der Waals surface area contributed by atoms with E-state index in [1.54, 1.807) is 24.0 Å². The number of nitrogens with zero attached hydrogens (tertiary/aromatic N) is 3. The molecule has 0 bridgehead atoms. The molecule has 1 saturated heterocycles. The zero-order valence-electron chi connectivity index (χ0n) is 15.7. The molecule has 2 aromatic rings. The van der Waals surface area contributed by atoms with Gasteiger partial charge in [-0.1, -0.05) is 6.92 Å². The van der Waals surface area contributed by atoms with Gasteiger partial charge in [-0.3, -0.25) is 9.48 Å². The normalized spacial score (nSPS) is 16.4. The van der Waals surface area contributed by atoms with E-state index in [9.17, 15) is 26.4 Å². The molecule has 1 atom stereocenters. The zero-order chi connectivity index (χ0) is 21.2. The van der Waals surface area contributed by atoms with Crippen LogP contribution in [0.15, 0.2) is 41.4 Å². The average molecular weight is 430 g/mol. The first-order valence-corrected chi connectivity index (χ1v) is 10.6. The van der Waals surface area contributed by atoms with Gasteiger partial charge >= 0.3 is 6.18 Å². The molecule has 158 valence electrons. The van der Waals surface area contributed by atoms with Crippen LogP contribution in [0.5, 0.6) is 0 Å². The van der Waals surface area contributed by atoms with Crippen LogP contribution in [0, 0.1) is 5.92 Å². The van der Waals surface area contributed by atoms with E-state index < -0.39 is 21.9 Å². The molecule has 0 spiro atoms. The third-order valence-electron chi connectivity index (χ3n) is 4.58. The highest BCUT2D eigenvalue weighted by atomic mass is 32.2. The summed E-state index contributed by atoms with van der Waals surface area (Å²) in [5, 5.41) is 3.46. The van der Waals surface area contributed by atoms with Crippen molar-refractivity contribution < 1.29 is 26.4 Å². The summed E-state index contributed by atoms with van der Waals surface area (Å²) in [4.78, 5) is 13.4. The highest BCUT2D eigenvalue weighted by molar-refractivity contribution is 7.89. The van der Waals surface area contributed by atoms with Crippen LogP contribution < -0.4 is 9.62 Å². The number of sulfonamides is 1. The minimum absolute atomic E-state index is 0.0138. The maximum Gasteiger partial charge on any atom is 0.435 e. The van der Waals surface area contributed by atoms with Crippen LogP contribution in [0.4, 0.5) is 18.9 Å². The van der Waals surface area contributed by atoms with Gasteiger partial charge in [0.15, 0.2) is 5.69 Å². The topological polar surface area (TPSA) is 84.3 Å². The molecule has 11 heteroatoms. The van der Waals surface area contributed by atoms with E-state index >= 15 is 0 Å². The molecule has 2 heterocycles. The van der Waals surface area contributed by atoms with Gasteiger partial charge in [0.1, 0.15) is 0 Å². The molecule has 1 N–H and O–H groups in total. The SMILES string of the molecule is C[C@H](CNS(=O)(=O)c1ccc(N2CCCC2=O)cc1)Cn1ccc(C(F)(F)F)n1. The Bertz CT molecular complexity index is 971. The lowest BCUT2D eigenvalue weighted by atomic mass is 10.2. The molecule has 0 radical (unpaired) electrons. The molecule has 1 aromatic carbocycles. The van der Waals surface area contributed by atoms with Crippen molar-refractivity contribution in [1.29, 1.82) is 0 Å². The molecule has 1 fully saturated rings. The predicted molar refractivity (Wildman–Crippen MR) is 99.6 cm³/mol. The number of hydrogen-bond donors (Lipinski definition) is 1. The van der Waals surface area contributed by atoms with E-state index in [-0.39, 0.29) is 29.8 Å². The highest BCUT2D eigenvalue weighted by Crippen LogP contribution is 2.27. The Kier molecular flexibility index (Phi) is 5.99. The van der Waals surface area contributed by atoms with Crippen LogP contribution in [-0.2, 0) is 27.5 Å². The second-order valence-electron chi connectivity index (χ2n) is 7.02. The van der Waals surface area contributed by atoms with E-state index in [2.05, 4.69) is 9.82 Å². The third-order valence-corrected chi connectivity index (χ3v) is 6.02. The first kappa shape index (κ1) is 21.3. The van der Waals surface area contributed by atoms with Crippen molar-refractivity contribution in [1.82, 2.24) is 14.5 Å². The molecular formula is C18H21F3N4O3S. The number of carbonyl (C=O) groups excluding carboxylic acids is 1. The lowest BCUT2D eigenvalue weighted by Gasteiger charge is -2.16. The molecule has 7 nitrogen and oxygen atoms in total. The minimum Gasteiger partial charge on any atom is -0.312 e. The number of benzene rings is 1. The Morgan fingerprint density at radius 2 is 1.90 bits per heavy atom. The molecule has 1 aromatic heterocycles. The quantitative estimate of drug-likeness (QED) is 0.732. The van der Waals surface area contributed by atoms with Crippen molar-refractivity contribution in [3.63, 3.8) is 0 Å². The largest absolute Gasteiger partial charge is 0.435 e. The van der Waals surface area contributed by atoms with Crippen molar-refractivity contribution in [2.45, 2.75) is 37.4 Å². The van der Waals surface area contributed by atoms with Crippen LogP contribution in [0.2, 0.25) is 0 Å². The lowest BCUT2D eigenvalue weighted by molar-refractivity contribution is -0.141. The summed E-state index contributed by atoms with van der Waals surface area (Å²) in [6.07, 6.45) is -2.03. The van der Waals surface area contributed by atoms with Gasteiger partial charge in [-0.05, 0) is 42.7 Å². The molecular weight excluding hydrogens is 409 g/mol. The summed E-state index contributed by atoms with van der Waals surface area (Å²) in [5.41, 5.74) is -0.333. The van der Waals surface area contributed by atoms with Crippen molar-refractivity contribution >= 4 is 21.6 Å². The molecule has 0 unspecified atom stereocenters. The summed E-state index contributed by atoms with van der Waals surface area (Å²) in [7, 11) is -3.78. The number of alkyl halides is 3. The number of hydrogen-bond acceptors (Lipinski definition) is 4. The third kappa shape index (κ3) is 5.15. The fourth-order valence-corrected chi connectivity index (χ4v) is 4.23. The van der Waals surface area contributed by atoms with Crippen molar-refractivity contribution in [3.05, 3.63) is 42.2 Å². The fraction of sp³-hybridized carbons (Fsp3) is 0.444. The Balaban J connectivity index is 1.57. The van der Waals surface area contributed by atoms with Crippen LogP contribution in [0.25, 0.3) is 0 Å². The number of nitrogens with one attached hydrogen (secondary N) is 1. The smallest absolute Gasteiger partial charge is 0.312 e. The highest BCUT2D eigenvalue weighted by Gasteiger charge is 2.33. The van der Waals surface area contributed by atoms with Crippen LogP contribution in [0.1, 0.15) is 25.5 Å². The van der Waals surface area contributed by atoms with E-state index in [1.807, 2.05) is 0 Å². The molecule has 1 amide bonds. The zero-order valence-corrected chi connectivity index (χ0v) is 16.5. The Morgan fingerprint density at radius 3 is 2.45 bits per heavy atom. The van der Waals surface area contributed by atoms with Gasteiger partial charge < -0.3 is 4.90 Å². The summed E-state index contributed by atoms with van der Waals surface area (Å²) >= 11 is 0. The molecule has 1 aliphatic heterocycles. The van der Waals surface area contributed by atoms with Crippen LogP contribution in [-0.4, -0.2) is 37.2 Å². The van der Waals surface area contributed by atoms with Crippen molar-refractivity contribution in [2.24, 2.45) is 5.92 Å². The number of amides is 1. The first-order valence-electron chi connectivity index (χ1n) is 9.07. The van der Waals surface area contributed by atoms with E-state index in [0.29, 0.717) is 18.7 Å². The summed E-state index contributed by atoms with van der Waals surface area (Å²) in [6.45, 7) is 2.49. The summed E-state index contributed by atoms with van der Waals surface area (Å²) < 4.78 is 66.3. The summed E-state index contributed by atoms with van der Waals surface area (Å²) in [5.74, 6) is -0.271. The first-order chi connectivity index (χ1) is 13.6. The molecule has 0 saturated carbocycles. The Labute approximate surface area is 166 Å². The van der Waals surface area contributed by atoms with Crippen LogP contribution >= 0.6 is 0 Å². The van der Waals surface area contributed by atoms with E-state index in [1.165, 1.54) is 18.3 Å². The second kappa shape index (κ2) is 8.15. The van der Waals surface area contributed by atoms with Gasteiger partial charge in [-0.25, -0.2) is 13.1 Å². The number of halogens is 3. The van der Waals surface area contributed by atoms with Gasteiger partial charge in [0.2, 0.25) is 15.9 Å². The van der Waals surface area contributed by atoms with Gasteiger partial charge in [-0.15, -0.1) is 0 Å². The Hall–Kier alpha value is -2.40. The van der Waals surface area contributed by atoms with Gasteiger partial charge in [-0.2, -0.15) is 18.3 Å². The van der Waals surface area contributed by atoms with Gasteiger partial charge in [0.25, 0.3) is 0 Å². The maximum absolute atomic E-state index is 12.6. The Morgan fingerprint density at radius 1 is 1.21 bits per heavy atom. The maximum atomic E-state index is 12.6. The number of carbonyl (C=O) groups is 1. The molecule has 29 heavy (non-hydrogen) atoms. The average Bonchev–Trinajstić information content (AvgIpc) is 3.29. The number of anilines is 1. The summed E-state index contributed by atoms with van der Waals surface area (Å²) in [6, 6.07) is 6.91. The number of aromatic nitrogens is 2. The second-order valence-corrected chi connectivity index (χ2v) is 8.79. The van der Waals surface area contributed by atoms with Crippen molar-refractivity contribution in [3.8, 4) is 0 Å². The van der Waals surface area contributed by atoms with Crippen LogP contribution in [0.3, 0.4) is 0 Å². The van der Waals surface area contributed by atoms with E-state index in [0.717, 1.165) is 17.2 Å². The van der Waals surface area contributed by atoms with E-state index in [4.69, 9.17) is 0 Å². The molecule has 3 rings (SSSR count). The molecule has 0 aliphatic carbocycles. The standard InChI is InChI=1S/C18H21F3N4O3S/c1-13(12-24-10-8-16(23-24)18(19,20)21)11-22-29(27,28)15-6-4-14(5-7-15)25-9-2-3-17(25)26/h4-8,10,13,22H,2-3,9,11-12H2,1H3/t13-/m1/s1. The fourth-order valence-electron chi connectivity index (χ4n) is 3.06. The van der Waals surface area contributed by atoms with Gasteiger partial charge in [0.05, 0.1) is 4.90 Å². The van der Waals surface area contributed by atoms with Gasteiger partial charge in [0, 0.05) is 37.9 Å².